The number of halogens is 9. The Hall–Kier alpha value is -8.65. The highest BCUT2D eigenvalue weighted by atomic mass is 32.2. The molecule has 9 fully saturated rings. The van der Waals surface area contributed by atoms with E-state index in [-0.39, 0.29) is 114 Å². The predicted molar refractivity (Wildman–Crippen MR) is 395 cm³/mol. The van der Waals surface area contributed by atoms with E-state index in [1.165, 1.54) is 77.0 Å². The summed E-state index contributed by atoms with van der Waals surface area (Å²) in [7, 11) is -1.96. The molecule has 41 heteroatoms. The predicted octanol–water partition coefficient (Wildman–Crippen LogP) is 4.23. The first kappa shape index (κ1) is 97.9. The van der Waals surface area contributed by atoms with E-state index in [0.29, 0.717) is 45.2 Å². The summed E-state index contributed by atoms with van der Waals surface area (Å²) in [4.78, 5) is 155. The number of amides is 12. The molecule has 0 radical (unpaired) electrons. The number of carbonyl (C=O) groups excluding carboxylic acids is 12. The summed E-state index contributed by atoms with van der Waals surface area (Å²) in [5.41, 5.74) is -3.94. The van der Waals surface area contributed by atoms with Gasteiger partial charge in [-0.3, -0.25) is 62.1 Å². The number of piperidine rings is 3. The lowest BCUT2D eigenvalue weighted by Crippen LogP contribution is -2.61. The zero-order chi connectivity index (χ0) is 89.2. The summed E-state index contributed by atoms with van der Waals surface area (Å²) < 4.78 is 147. The van der Waals surface area contributed by atoms with Crippen molar-refractivity contribution < 1.29 is 115 Å². The molecule has 12 amide bonds. The van der Waals surface area contributed by atoms with Crippen LogP contribution < -0.4 is 47.9 Å². The van der Waals surface area contributed by atoms with E-state index in [1.807, 2.05) is 80.5 Å². The fraction of sp³-hybridized carbons (Fsp3) is 0.800. The molecule has 6 saturated heterocycles. The molecule has 0 aromatic rings. The lowest BCUT2D eigenvalue weighted by molar-refractivity contribution is -0.176. The Bertz CT molecular complexity index is 3610. The van der Waals surface area contributed by atoms with Crippen LogP contribution in [0.2, 0.25) is 0 Å². The first-order valence-corrected chi connectivity index (χ1v) is 39.9. The number of ether oxygens (including phenoxy) is 1. The molecule has 0 unspecified atom stereocenters. The van der Waals surface area contributed by atoms with Crippen molar-refractivity contribution in [3.8, 4) is 18.2 Å². The number of carbonyl (C=O) groups is 12. The first-order chi connectivity index (χ1) is 52.5. The van der Waals surface area contributed by atoms with Crippen LogP contribution in [0.1, 0.15) is 163 Å². The smallest absolute Gasteiger partial charge is 0.379 e. The Labute approximate surface area is 669 Å². The van der Waals surface area contributed by atoms with Gasteiger partial charge >= 0.3 is 36.3 Å². The van der Waals surface area contributed by atoms with E-state index in [2.05, 4.69) is 31.9 Å². The number of alkyl halides is 9. The van der Waals surface area contributed by atoms with Gasteiger partial charge in [0.05, 0.1) is 30.1 Å². The average Bonchev–Trinajstić information content (AvgIpc) is 1.54. The molecule has 6 aliphatic heterocycles. The maximum absolute atomic E-state index is 13.5. The van der Waals surface area contributed by atoms with Gasteiger partial charge in [0.2, 0.25) is 53.2 Å². The third-order valence-electron chi connectivity index (χ3n) is 23.3. The molecule has 0 spiro atoms. The van der Waals surface area contributed by atoms with Gasteiger partial charge in [0.25, 0.3) is 10.1 Å². The summed E-state index contributed by atoms with van der Waals surface area (Å²) in [6.07, 6.45) is -12.8. The molecule has 652 valence electrons. The van der Waals surface area contributed by atoms with E-state index < -0.39 is 170 Å². The number of nitriles is 3. The second kappa shape index (κ2) is 35.9. The van der Waals surface area contributed by atoms with Gasteiger partial charge in [-0.25, -0.2) is 0 Å². The molecule has 3 aliphatic carbocycles. The molecule has 0 aromatic heterocycles. The van der Waals surface area contributed by atoms with E-state index in [0.717, 1.165) is 0 Å². The van der Waals surface area contributed by atoms with Crippen LogP contribution in [-0.2, 0) is 72.4 Å². The van der Waals surface area contributed by atoms with Crippen LogP contribution in [0.4, 0.5) is 39.5 Å². The fourth-order valence-corrected chi connectivity index (χ4v) is 16.2. The minimum Gasteiger partial charge on any atom is -0.379 e. The van der Waals surface area contributed by atoms with Crippen LogP contribution in [0.3, 0.4) is 0 Å². The Morgan fingerprint density at radius 2 is 0.655 bits per heavy atom. The van der Waals surface area contributed by atoms with Crippen molar-refractivity contribution in [2.75, 3.05) is 52.6 Å². The van der Waals surface area contributed by atoms with Gasteiger partial charge in [0.1, 0.15) is 54.4 Å². The van der Waals surface area contributed by atoms with E-state index in [9.17, 15) is 121 Å². The maximum Gasteiger partial charge on any atom is 0.471 e. The lowest BCUT2D eigenvalue weighted by atomic mass is 9.85. The van der Waals surface area contributed by atoms with Gasteiger partial charge in [0.15, 0.2) is 0 Å². The van der Waals surface area contributed by atoms with Crippen LogP contribution in [-0.4, -0.2) is 230 Å². The van der Waals surface area contributed by atoms with Crippen molar-refractivity contribution in [3.05, 3.63) is 0 Å². The van der Waals surface area contributed by atoms with E-state index >= 15 is 0 Å². The summed E-state index contributed by atoms with van der Waals surface area (Å²) in [6, 6.07) is -4.44. The van der Waals surface area contributed by atoms with Crippen molar-refractivity contribution in [2.45, 2.75) is 242 Å². The molecule has 18 atom stereocenters. The van der Waals surface area contributed by atoms with Gasteiger partial charge in [0, 0.05) is 64.1 Å². The highest BCUT2D eigenvalue weighted by molar-refractivity contribution is 7.85. The highest BCUT2D eigenvalue weighted by Gasteiger charge is 2.73. The number of likely N-dealkylation sites (tertiary alicyclic amines) is 3. The normalized spacial score (nSPS) is 27.3. The first-order valence-electron chi connectivity index (χ1n) is 38.0. The molecular weight excluding hydrogens is 1570 g/mol. The van der Waals surface area contributed by atoms with Crippen LogP contribution in [0.5, 0.6) is 0 Å². The van der Waals surface area contributed by atoms with Gasteiger partial charge in [-0.15, -0.1) is 0 Å². The minimum atomic E-state index is -5.16. The average molecular weight is 1680 g/mol. The number of hydrogen-bond acceptors (Lipinski definition) is 18. The second-order valence-corrected chi connectivity index (χ2v) is 38.6. The quantitative estimate of drug-likeness (QED) is 0.0678. The molecule has 0 aromatic carbocycles. The Morgan fingerprint density at radius 3 is 0.802 bits per heavy atom. The second-order valence-electron chi connectivity index (χ2n) is 37.1. The highest BCUT2D eigenvalue weighted by Crippen LogP contribution is 2.67. The zero-order valence-corrected chi connectivity index (χ0v) is 69.8. The van der Waals surface area contributed by atoms with Crippen LogP contribution in [0, 0.1) is 120 Å². The molecule has 116 heavy (non-hydrogen) atoms. The number of nitrogens with one attached hydrogen (secondary N) is 9. The number of fused-ring (bicyclic) bond motifs is 3. The van der Waals surface area contributed by atoms with E-state index in [4.69, 9.17) is 9.29 Å². The Kier molecular flexibility index (Phi) is 30.3. The van der Waals surface area contributed by atoms with Gasteiger partial charge in [-0.1, -0.05) is 104 Å². The number of nitrogens with zero attached hydrogens (tertiary/aromatic N) is 6. The number of methoxy groups -OCH3 is 1. The molecule has 9 aliphatic rings. The van der Waals surface area contributed by atoms with Crippen molar-refractivity contribution in [1.29, 1.82) is 15.8 Å². The molecular formula is C75H112F9N15O16S. The third-order valence-corrected chi connectivity index (χ3v) is 23.3. The third kappa shape index (κ3) is 24.5. The SMILES string of the molecule is CC(C)(C)[C@H](NC(=O)C(F)(F)F)C(=O)N1C[C@H]2[C@@H]([C@H]1C(=O)N[C@@H](C#N)C[C@@H]1CCNC1=O)C2(C)C.CC(C)(C)[C@H](NC(=O)C(F)(F)F)C(=O)N1C[C@H]2[C@@H]([C@H]1C(=O)N[C@H](C#N)C[C@@H]1CCNC1=O)C2(C)C.CC(C)(C)[C@H](NC(=O)C(F)(F)F)C(=O)N1C[C@H]2[C@@H]([C@H]1C(=O)N[C@H](C#N)C[C@@H]1CCNC1=O)C2(C)C.COC(C)(C)C.CS(=O)(=O)O. The standard InChI is InChI=1S/3C23H32F3N5O4.C5H12O.CH4O3S/c3*1-21(2,3)16(30-20(35)23(24,25)26)19(34)31-10-13-14(22(13,4)5)15(31)18(33)29-12(9-27)8-11-6-7-28-17(11)32;1-5(2,3)6-4;1-5(2,3)4/h3*11-16H,6-8,10H2,1-5H3,(H,28,32)(H,29,33)(H,30,35);1-4H3;1H3,(H,2,3,4)/t11-,12+,13-,14-,15-,16+;2*11-,12-,13-,14-,15-,16+;;/m000../s1. The molecule has 3 saturated carbocycles. The molecule has 6 heterocycles. The summed E-state index contributed by atoms with van der Waals surface area (Å²) >= 11 is 0. The molecule has 0 bridgehead atoms. The fourth-order valence-electron chi connectivity index (χ4n) is 16.2. The monoisotopic (exact) mass is 1680 g/mol. The Morgan fingerprint density at radius 1 is 0.457 bits per heavy atom. The minimum absolute atomic E-state index is 0.0396. The lowest BCUT2D eigenvalue weighted by Gasteiger charge is -2.37. The van der Waals surface area contributed by atoms with Crippen molar-refractivity contribution in [2.24, 2.45) is 85.8 Å². The maximum atomic E-state index is 13.5. The van der Waals surface area contributed by atoms with E-state index in [1.54, 1.807) is 23.1 Å². The number of hydrogen-bond donors (Lipinski definition) is 10. The van der Waals surface area contributed by atoms with Gasteiger partial charge < -0.3 is 67.3 Å². The summed E-state index contributed by atoms with van der Waals surface area (Å²) in [5, 5.41) is 50.0. The number of rotatable bonds is 18. The van der Waals surface area contributed by atoms with Crippen LogP contribution in [0.15, 0.2) is 0 Å². The van der Waals surface area contributed by atoms with Gasteiger partial charge in [-0.05, 0) is 127 Å². The summed E-state index contributed by atoms with van der Waals surface area (Å²) in [6.45, 7) is 33.5. The van der Waals surface area contributed by atoms with Crippen molar-refractivity contribution >= 4 is 81.0 Å². The molecule has 9 rings (SSSR count). The molecule has 10 N–H and O–H groups in total. The topological polar surface area (TPSA) is 458 Å². The molecule has 31 nitrogen and oxygen atoms in total. The summed E-state index contributed by atoms with van der Waals surface area (Å²) in [5.74, 6) is -13.4. The van der Waals surface area contributed by atoms with Crippen LogP contribution in [0.25, 0.3) is 0 Å². The Balaban J connectivity index is 0.000000290. The van der Waals surface area contributed by atoms with Gasteiger partial charge in [-0.2, -0.15) is 63.7 Å². The van der Waals surface area contributed by atoms with Crippen molar-refractivity contribution in [3.63, 3.8) is 0 Å². The largest absolute Gasteiger partial charge is 0.471 e. The van der Waals surface area contributed by atoms with Crippen molar-refractivity contribution in [1.82, 2.24) is 62.6 Å². The van der Waals surface area contributed by atoms with Crippen LogP contribution >= 0.6 is 0 Å². The zero-order valence-electron chi connectivity index (χ0n) is 68.9.